The quantitative estimate of drug-likeness (QED) is 0.832. The van der Waals surface area contributed by atoms with Gasteiger partial charge in [-0.05, 0) is 18.2 Å². The van der Waals surface area contributed by atoms with Crippen LogP contribution in [-0.4, -0.2) is 37.0 Å². The number of halogens is 2. The van der Waals surface area contributed by atoms with E-state index in [1.54, 1.807) is 11.0 Å². The molecule has 1 aromatic carbocycles. The lowest BCUT2D eigenvalue weighted by molar-refractivity contribution is -0.126. The molecule has 18 heavy (non-hydrogen) atoms. The molecule has 1 heterocycles. The molecule has 1 N–H and O–H groups in total. The molecule has 0 bridgehead atoms. The average molecular weight is 269 g/mol. The molecule has 0 radical (unpaired) electrons. The maximum atomic E-state index is 13.5. The molecule has 0 aromatic heterocycles. The van der Waals surface area contributed by atoms with Crippen molar-refractivity contribution < 1.29 is 9.18 Å². The van der Waals surface area contributed by atoms with Crippen LogP contribution in [0.3, 0.4) is 0 Å². The van der Waals surface area contributed by atoms with Gasteiger partial charge in [0.1, 0.15) is 5.82 Å². The fourth-order valence-electron chi connectivity index (χ4n) is 1.82. The number of carbonyl (C=O) groups is 1. The zero-order valence-electron chi connectivity index (χ0n) is 9.83. The lowest BCUT2D eigenvalue weighted by Gasteiger charge is -2.26. The standard InChI is InChI=1S/C13H14ClFN2O/c14-11-2-1-3-12(15)10(11)4-5-13(18)17-8-6-16-7-9-17/h1-5,16H,6-9H2/b5-4+. The van der Waals surface area contributed by atoms with Crippen molar-refractivity contribution in [2.24, 2.45) is 0 Å². The average Bonchev–Trinajstić information content (AvgIpc) is 2.39. The van der Waals surface area contributed by atoms with E-state index in [4.69, 9.17) is 11.6 Å². The van der Waals surface area contributed by atoms with E-state index in [0.29, 0.717) is 18.1 Å². The molecule has 3 nitrogen and oxygen atoms in total. The third-order valence-corrected chi connectivity index (χ3v) is 3.15. The van der Waals surface area contributed by atoms with Crippen LogP contribution in [0.15, 0.2) is 24.3 Å². The number of amides is 1. The molecule has 5 heteroatoms. The molecule has 1 saturated heterocycles. The van der Waals surface area contributed by atoms with Gasteiger partial charge in [-0.15, -0.1) is 0 Å². The molecule has 96 valence electrons. The first-order valence-corrected chi connectivity index (χ1v) is 6.18. The first-order chi connectivity index (χ1) is 8.68. The van der Waals surface area contributed by atoms with Crippen LogP contribution in [0.5, 0.6) is 0 Å². The van der Waals surface area contributed by atoms with Crippen molar-refractivity contribution in [2.75, 3.05) is 26.2 Å². The number of nitrogens with zero attached hydrogens (tertiary/aromatic N) is 1. The normalized spacial score (nSPS) is 16.2. The van der Waals surface area contributed by atoms with E-state index in [0.717, 1.165) is 13.1 Å². The second kappa shape index (κ2) is 5.98. The van der Waals surface area contributed by atoms with E-state index in [1.165, 1.54) is 24.3 Å². The van der Waals surface area contributed by atoms with Crippen LogP contribution in [0.2, 0.25) is 5.02 Å². The predicted molar refractivity (Wildman–Crippen MR) is 69.9 cm³/mol. The van der Waals surface area contributed by atoms with Gasteiger partial charge in [0.25, 0.3) is 0 Å². The predicted octanol–water partition coefficient (Wildman–Crippen LogP) is 1.92. The molecular formula is C13H14ClFN2O. The summed E-state index contributed by atoms with van der Waals surface area (Å²) in [5, 5.41) is 3.47. The van der Waals surface area contributed by atoms with Crippen LogP contribution in [0, 0.1) is 5.82 Å². The summed E-state index contributed by atoms with van der Waals surface area (Å²) >= 11 is 5.87. The summed E-state index contributed by atoms with van der Waals surface area (Å²) in [4.78, 5) is 13.6. The van der Waals surface area contributed by atoms with Crippen LogP contribution < -0.4 is 5.32 Å². The van der Waals surface area contributed by atoms with Crippen LogP contribution >= 0.6 is 11.6 Å². The minimum atomic E-state index is -0.424. The van der Waals surface area contributed by atoms with E-state index in [9.17, 15) is 9.18 Å². The first-order valence-electron chi connectivity index (χ1n) is 5.80. The Bertz CT molecular complexity index is 450. The molecule has 2 rings (SSSR count). The number of carbonyl (C=O) groups excluding carboxylic acids is 1. The van der Waals surface area contributed by atoms with Gasteiger partial charge in [0.05, 0.1) is 5.02 Å². The Morgan fingerprint density at radius 2 is 2.11 bits per heavy atom. The highest BCUT2D eigenvalue weighted by Gasteiger charge is 2.13. The van der Waals surface area contributed by atoms with Gasteiger partial charge in [0, 0.05) is 37.8 Å². The van der Waals surface area contributed by atoms with Gasteiger partial charge in [-0.1, -0.05) is 17.7 Å². The summed E-state index contributed by atoms with van der Waals surface area (Å²) in [6, 6.07) is 4.45. The van der Waals surface area contributed by atoms with E-state index in [-0.39, 0.29) is 11.5 Å². The van der Waals surface area contributed by atoms with Crippen LogP contribution in [0.25, 0.3) is 6.08 Å². The summed E-state index contributed by atoms with van der Waals surface area (Å²) in [6.07, 6.45) is 2.80. The van der Waals surface area contributed by atoms with E-state index in [1.807, 2.05) is 0 Å². The zero-order chi connectivity index (χ0) is 13.0. The monoisotopic (exact) mass is 268 g/mol. The Labute approximate surface area is 110 Å². The Kier molecular flexibility index (Phi) is 4.33. The Hall–Kier alpha value is -1.39. The number of hydrogen-bond acceptors (Lipinski definition) is 2. The van der Waals surface area contributed by atoms with Gasteiger partial charge in [-0.25, -0.2) is 4.39 Å². The first kappa shape index (κ1) is 13.1. The molecular weight excluding hydrogens is 255 g/mol. The summed E-state index contributed by atoms with van der Waals surface area (Å²) < 4.78 is 13.5. The van der Waals surface area contributed by atoms with E-state index in [2.05, 4.69) is 5.32 Å². The van der Waals surface area contributed by atoms with Crippen molar-refractivity contribution in [3.63, 3.8) is 0 Å². The lowest BCUT2D eigenvalue weighted by Crippen LogP contribution is -2.45. The number of piperazine rings is 1. The highest BCUT2D eigenvalue weighted by molar-refractivity contribution is 6.32. The van der Waals surface area contributed by atoms with Crippen molar-refractivity contribution in [1.82, 2.24) is 10.2 Å². The van der Waals surface area contributed by atoms with Gasteiger partial charge in [-0.2, -0.15) is 0 Å². The topological polar surface area (TPSA) is 32.3 Å². The lowest BCUT2D eigenvalue weighted by atomic mass is 10.2. The van der Waals surface area contributed by atoms with Crippen LogP contribution in [0.1, 0.15) is 5.56 Å². The molecule has 0 aliphatic carbocycles. The van der Waals surface area contributed by atoms with Crippen molar-refractivity contribution in [2.45, 2.75) is 0 Å². The molecule has 1 aromatic rings. The minimum Gasteiger partial charge on any atom is -0.337 e. The molecule has 1 amide bonds. The second-order valence-electron chi connectivity index (χ2n) is 4.04. The SMILES string of the molecule is O=C(/C=C/c1c(F)cccc1Cl)N1CCNCC1. The van der Waals surface area contributed by atoms with Gasteiger partial charge in [0.15, 0.2) is 0 Å². The van der Waals surface area contributed by atoms with Crippen molar-refractivity contribution >= 4 is 23.6 Å². The minimum absolute atomic E-state index is 0.115. The molecule has 0 saturated carbocycles. The van der Waals surface area contributed by atoms with Crippen LogP contribution in [0.4, 0.5) is 4.39 Å². The summed E-state index contributed by atoms with van der Waals surface area (Å²) in [7, 11) is 0. The summed E-state index contributed by atoms with van der Waals surface area (Å²) in [5.41, 5.74) is 0.252. The summed E-state index contributed by atoms with van der Waals surface area (Å²) in [6.45, 7) is 2.93. The zero-order valence-corrected chi connectivity index (χ0v) is 10.6. The van der Waals surface area contributed by atoms with Gasteiger partial charge in [0.2, 0.25) is 5.91 Å². The number of hydrogen-bond donors (Lipinski definition) is 1. The van der Waals surface area contributed by atoms with Crippen LogP contribution in [-0.2, 0) is 4.79 Å². The number of benzene rings is 1. The highest BCUT2D eigenvalue weighted by atomic mass is 35.5. The Morgan fingerprint density at radius 1 is 1.39 bits per heavy atom. The second-order valence-corrected chi connectivity index (χ2v) is 4.45. The molecule has 0 atom stereocenters. The van der Waals surface area contributed by atoms with E-state index >= 15 is 0 Å². The molecule has 1 aliphatic heterocycles. The number of rotatable bonds is 2. The largest absolute Gasteiger partial charge is 0.337 e. The summed E-state index contributed by atoms with van der Waals surface area (Å²) in [5.74, 6) is -0.539. The molecule has 1 fully saturated rings. The maximum Gasteiger partial charge on any atom is 0.246 e. The van der Waals surface area contributed by atoms with Crippen molar-refractivity contribution in [1.29, 1.82) is 0 Å². The fourth-order valence-corrected chi connectivity index (χ4v) is 2.04. The van der Waals surface area contributed by atoms with Gasteiger partial charge >= 0.3 is 0 Å². The van der Waals surface area contributed by atoms with Crippen molar-refractivity contribution in [3.05, 3.63) is 40.7 Å². The van der Waals surface area contributed by atoms with E-state index < -0.39 is 5.82 Å². The highest BCUT2D eigenvalue weighted by Crippen LogP contribution is 2.20. The van der Waals surface area contributed by atoms with Crippen molar-refractivity contribution in [3.8, 4) is 0 Å². The fraction of sp³-hybridized carbons (Fsp3) is 0.308. The van der Waals surface area contributed by atoms with Gasteiger partial charge in [-0.3, -0.25) is 4.79 Å². The third-order valence-electron chi connectivity index (χ3n) is 2.82. The van der Waals surface area contributed by atoms with Gasteiger partial charge < -0.3 is 10.2 Å². The molecule has 0 spiro atoms. The number of nitrogens with one attached hydrogen (secondary N) is 1. The smallest absolute Gasteiger partial charge is 0.246 e. The third kappa shape index (κ3) is 3.09. The Balaban J connectivity index is 2.08. The maximum absolute atomic E-state index is 13.5. The molecule has 1 aliphatic rings. The molecule has 0 unspecified atom stereocenters. The Morgan fingerprint density at radius 3 is 2.78 bits per heavy atom.